The molecule has 0 unspecified atom stereocenters. The van der Waals surface area contributed by atoms with Crippen molar-refractivity contribution in [1.82, 2.24) is 4.90 Å². The first-order valence-corrected chi connectivity index (χ1v) is 6.36. The lowest BCUT2D eigenvalue weighted by atomic mass is 10.1. The lowest BCUT2D eigenvalue weighted by molar-refractivity contribution is 0.311. The van der Waals surface area contributed by atoms with Gasteiger partial charge in [0, 0.05) is 19.6 Å². The minimum absolute atomic E-state index is 0.369. The fourth-order valence-electron chi connectivity index (χ4n) is 2.56. The first-order valence-electron chi connectivity index (χ1n) is 6.36. The van der Waals surface area contributed by atoms with E-state index < -0.39 is 0 Å². The van der Waals surface area contributed by atoms with Gasteiger partial charge in [-0.2, -0.15) is 0 Å². The van der Waals surface area contributed by atoms with Crippen LogP contribution in [0.3, 0.4) is 0 Å². The summed E-state index contributed by atoms with van der Waals surface area (Å²) in [5.41, 5.74) is 3.97. The molecule has 92 valence electrons. The summed E-state index contributed by atoms with van der Waals surface area (Å²) in [6, 6.07) is 5.69. The highest BCUT2D eigenvalue weighted by Crippen LogP contribution is 2.26. The SMILES string of the molecule is Oc1ccc2c(c1)CN(CC1=CCC=CC=C1)C2. The first-order chi connectivity index (χ1) is 8.81. The Balaban J connectivity index is 1.69. The van der Waals surface area contributed by atoms with Crippen LogP contribution in [0.5, 0.6) is 5.75 Å². The molecule has 1 aromatic carbocycles. The van der Waals surface area contributed by atoms with E-state index in [4.69, 9.17) is 0 Å². The van der Waals surface area contributed by atoms with Gasteiger partial charge in [-0.3, -0.25) is 4.90 Å². The molecular weight excluding hydrogens is 222 g/mol. The highest BCUT2D eigenvalue weighted by Gasteiger charge is 2.19. The first kappa shape index (κ1) is 11.3. The predicted octanol–water partition coefficient (Wildman–Crippen LogP) is 3.15. The van der Waals surface area contributed by atoms with E-state index in [1.807, 2.05) is 12.1 Å². The van der Waals surface area contributed by atoms with Gasteiger partial charge in [0.05, 0.1) is 0 Å². The zero-order chi connectivity index (χ0) is 12.4. The lowest BCUT2D eigenvalue weighted by Gasteiger charge is -2.15. The molecule has 0 fully saturated rings. The maximum atomic E-state index is 9.49. The van der Waals surface area contributed by atoms with Gasteiger partial charge in [-0.25, -0.2) is 0 Å². The Morgan fingerprint density at radius 1 is 1.11 bits per heavy atom. The largest absolute Gasteiger partial charge is 0.508 e. The molecule has 3 rings (SSSR count). The quantitative estimate of drug-likeness (QED) is 0.857. The Morgan fingerprint density at radius 2 is 2.00 bits per heavy atom. The predicted molar refractivity (Wildman–Crippen MR) is 73.2 cm³/mol. The number of allylic oxidation sites excluding steroid dienone is 4. The highest BCUT2D eigenvalue weighted by molar-refractivity contribution is 5.38. The number of aromatic hydroxyl groups is 1. The summed E-state index contributed by atoms with van der Waals surface area (Å²) in [4.78, 5) is 2.41. The van der Waals surface area contributed by atoms with Crippen LogP contribution in [0.1, 0.15) is 17.5 Å². The Kier molecular flexibility index (Phi) is 3.03. The van der Waals surface area contributed by atoms with Crippen LogP contribution in [0.25, 0.3) is 0 Å². The van der Waals surface area contributed by atoms with Crippen LogP contribution in [-0.4, -0.2) is 16.6 Å². The van der Waals surface area contributed by atoms with Gasteiger partial charge in [0.1, 0.15) is 5.75 Å². The molecule has 0 spiro atoms. The second-order valence-electron chi connectivity index (χ2n) is 4.90. The summed E-state index contributed by atoms with van der Waals surface area (Å²) in [7, 11) is 0. The highest BCUT2D eigenvalue weighted by atomic mass is 16.3. The molecule has 1 heterocycles. The van der Waals surface area contributed by atoms with Gasteiger partial charge in [0.15, 0.2) is 0 Å². The van der Waals surface area contributed by atoms with Crippen molar-refractivity contribution in [3.8, 4) is 5.75 Å². The van der Waals surface area contributed by atoms with E-state index in [0.717, 1.165) is 26.1 Å². The summed E-state index contributed by atoms with van der Waals surface area (Å²) in [5, 5.41) is 9.49. The van der Waals surface area contributed by atoms with E-state index in [-0.39, 0.29) is 0 Å². The van der Waals surface area contributed by atoms with E-state index in [1.165, 1.54) is 16.7 Å². The van der Waals surface area contributed by atoms with E-state index in [2.05, 4.69) is 35.3 Å². The Labute approximate surface area is 108 Å². The fourth-order valence-corrected chi connectivity index (χ4v) is 2.56. The van der Waals surface area contributed by atoms with Crippen molar-refractivity contribution in [2.75, 3.05) is 6.54 Å². The van der Waals surface area contributed by atoms with Crippen LogP contribution >= 0.6 is 0 Å². The monoisotopic (exact) mass is 239 g/mol. The van der Waals surface area contributed by atoms with Crippen LogP contribution < -0.4 is 0 Å². The molecule has 1 aliphatic heterocycles. The summed E-state index contributed by atoms with van der Waals surface area (Å²) in [6.45, 7) is 2.89. The minimum atomic E-state index is 0.369. The molecule has 0 atom stereocenters. The molecule has 18 heavy (non-hydrogen) atoms. The van der Waals surface area contributed by atoms with Crippen molar-refractivity contribution in [3.63, 3.8) is 0 Å². The molecule has 0 saturated heterocycles. The standard InChI is InChI=1S/C16H17NO/c18-16-8-7-14-11-17(12-15(14)9-16)10-13-5-3-1-2-4-6-13/h1-3,5-9,18H,4,10-12H2. The summed E-state index contributed by atoms with van der Waals surface area (Å²) >= 11 is 0. The molecule has 0 saturated carbocycles. The van der Waals surface area contributed by atoms with Crippen LogP contribution in [0.2, 0.25) is 0 Å². The normalized spacial score (nSPS) is 18.6. The third-order valence-corrected chi connectivity index (χ3v) is 3.46. The Morgan fingerprint density at radius 3 is 2.94 bits per heavy atom. The van der Waals surface area contributed by atoms with E-state index in [0.29, 0.717) is 5.75 Å². The van der Waals surface area contributed by atoms with Gasteiger partial charge >= 0.3 is 0 Å². The number of fused-ring (bicyclic) bond motifs is 1. The molecule has 2 nitrogen and oxygen atoms in total. The number of benzene rings is 1. The molecule has 0 bridgehead atoms. The van der Waals surface area contributed by atoms with Crippen molar-refractivity contribution in [3.05, 3.63) is 65.3 Å². The average molecular weight is 239 g/mol. The minimum Gasteiger partial charge on any atom is -0.508 e. The number of nitrogens with zero attached hydrogens (tertiary/aromatic N) is 1. The van der Waals surface area contributed by atoms with Crippen LogP contribution in [-0.2, 0) is 13.1 Å². The van der Waals surface area contributed by atoms with E-state index >= 15 is 0 Å². The zero-order valence-electron chi connectivity index (χ0n) is 10.3. The van der Waals surface area contributed by atoms with Crippen molar-refractivity contribution in [2.24, 2.45) is 0 Å². The van der Waals surface area contributed by atoms with Gasteiger partial charge in [-0.05, 0) is 35.3 Å². The van der Waals surface area contributed by atoms with Gasteiger partial charge in [0.2, 0.25) is 0 Å². The van der Waals surface area contributed by atoms with Crippen molar-refractivity contribution in [2.45, 2.75) is 19.5 Å². The lowest BCUT2D eigenvalue weighted by Crippen LogP contribution is -2.18. The van der Waals surface area contributed by atoms with Crippen molar-refractivity contribution in [1.29, 1.82) is 0 Å². The molecule has 0 amide bonds. The smallest absolute Gasteiger partial charge is 0.115 e. The second kappa shape index (κ2) is 4.83. The van der Waals surface area contributed by atoms with Crippen LogP contribution in [0.4, 0.5) is 0 Å². The molecule has 0 radical (unpaired) electrons. The van der Waals surface area contributed by atoms with Gasteiger partial charge in [0.25, 0.3) is 0 Å². The summed E-state index contributed by atoms with van der Waals surface area (Å²) < 4.78 is 0. The Hall–Kier alpha value is -1.80. The fraction of sp³-hybridized carbons (Fsp3) is 0.250. The molecule has 2 aliphatic rings. The zero-order valence-corrected chi connectivity index (χ0v) is 10.3. The summed E-state index contributed by atoms with van der Waals surface area (Å²) in [5.74, 6) is 0.369. The topological polar surface area (TPSA) is 23.5 Å². The molecule has 2 heteroatoms. The van der Waals surface area contributed by atoms with Gasteiger partial charge in [-0.1, -0.05) is 36.4 Å². The molecule has 0 aromatic heterocycles. The third kappa shape index (κ3) is 2.39. The van der Waals surface area contributed by atoms with E-state index in [1.54, 1.807) is 6.07 Å². The maximum Gasteiger partial charge on any atom is 0.115 e. The van der Waals surface area contributed by atoms with Crippen LogP contribution in [0.15, 0.2) is 54.2 Å². The molecule has 1 aromatic rings. The van der Waals surface area contributed by atoms with E-state index in [9.17, 15) is 5.11 Å². The third-order valence-electron chi connectivity index (χ3n) is 3.46. The summed E-state index contributed by atoms with van der Waals surface area (Å²) in [6.07, 6.45) is 11.8. The molecule has 1 aliphatic carbocycles. The number of hydrogen-bond acceptors (Lipinski definition) is 2. The average Bonchev–Trinajstić information content (AvgIpc) is 2.57. The van der Waals surface area contributed by atoms with Gasteiger partial charge < -0.3 is 5.11 Å². The molecule has 1 N–H and O–H groups in total. The molecular formula is C16H17NO. The Bertz CT molecular complexity index is 540. The van der Waals surface area contributed by atoms with Crippen molar-refractivity contribution >= 4 is 0 Å². The number of hydrogen-bond donors (Lipinski definition) is 1. The van der Waals surface area contributed by atoms with Crippen molar-refractivity contribution < 1.29 is 5.11 Å². The number of phenols is 1. The number of phenolic OH excluding ortho intramolecular Hbond substituents is 1. The maximum absolute atomic E-state index is 9.49. The number of rotatable bonds is 2. The van der Waals surface area contributed by atoms with Crippen LogP contribution in [0, 0.1) is 0 Å². The second-order valence-corrected chi connectivity index (χ2v) is 4.90. The van der Waals surface area contributed by atoms with Gasteiger partial charge in [-0.15, -0.1) is 0 Å².